The van der Waals surface area contributed by atoms with Crippen LogP contribution in [0.4, 0.5) is 5.69 Å². The molecule has 3 amide bonds. The summed E-state index contributed by atoms with van der Waals surface area (Å²) >= 11 is 0. The van der Waals surface area contributed by atoms with E-state index in [9.17, 15) is 19.2 Å². The molecule has 0 radical (unpaired) electrons. The Balaban J connectivity index is 1.34. The molecule has 30 heavy (non-hydrogen) atoms. The largest absolute Gasteiger partial charge is 0.425 e. The van der Waals surface area contributed by atoms with E-state index in [1.165, 1.54) is 4.90 Å². The van der Waals surface area contributed by atoms with E-state index in [1.54, 1.807) is 54.6 Å². The Bertz CT molecular complexity index is 911. The minimum absolute atomic E-state index is 0.117. The number of likely N-dealkylation sites (tertiary alicyclic amines) is 1. The number of benzene rings is 2. The van der Waals surface area contributed by atoms with Gasteiger partial charge in [-0.3, -0.25) is 19.3 Å². The average Bonchev–Trinajstić information content (AvgIpc) is 2.73. The van der Waals surface area contributed by atoms with Gasteiger partial charge in [0.1, 0.15) is 19.0 Å². The molecular weight excluding hydrogens is 388 g/mol. The van der Waals surface area contributed by atoms with Gasteiger partial charge in [-0.2, -0.15) is 0 Å². The van der Waals surface area contributed by atoms with Gasteiger partial charge in [-0.05, 0) is 36.2 Å². The summed E-state index contributed by atoms with van der Waals surface area (Å²) in [7, 11) is 0. The van der Waals surface area contributed by atoms with Gasteiger partial charge in [0.05, 0.1) is 0 Å². The van der Waals surface area contributed by atoms with Crippen molar-refractivity contribution in [3.8, 4) is 5.75 Å². The normalized spacial score (nSPS) is 12.8. The maximum atomic E-state index is 11.9. The van der Waals surface area contributed by atoms with Gasteiger partial charge in [0.15, 0.2) is 0 Å². The van der Waals surface area contributed by atoms with Gasteiger partial charge in [-0.25, -0.2) is 4.79 Å². The zero-order chi connectivity index (χ0) is 21.3. The summed E-state index contributed by atoms with van der Waals surface area (Å²) in [5, 5.41) is 2.66. The Morgan fingerprint density at radius 2 is 1.70 bits per heavy atom. The molecule has 1 aliphatic rings. The molecule has 8 heteroatoms. The van der Waals surface area contributed by atoms with Crippen LogP contribution < -0.4 is 10.1 Å². The lowest BCUT2D eigenvalue weighted by Gasteiger charge is -2.28. The molecule has 0 aliphatic carbocycles. The Kier molecular flexibility index (Phi) is 7.29. The fourth-order valence-electron chi connectivity index (χ4n) is 2.79. The molecule has 1 N–H and O–H groups in total. The summed E-state index contributed by atoms with van der Waals surface area (Å²) in [6.07, 6.45) is 1.23. The van der Waals surface area contributed by atoms with Crippen LogP contribution >= 0.6 is 0 Å². The third kappa shape index (κ3) is 6.25. The molecule has 8 nitrogen and oxygen atoms in total. The maximum absolute atomic E-state index is 11.9. The number of nitrogens with zero attached hydrogens (tertiary/aromatic N) is 1. The summed E-state index contributed by atoms with van der Waals surface area (Å²) in [6.45, 7) is -0.118. The number of rotatable bonds is 9. The number of para-hydroxylation sites is 1. The Hall–Kier alpha value is -3.52. The molecular formula is C22H22N2O6. The van der Waals surface area contributed by atoms with E-state index in [0.717, 1.165) is 5.56 Å². The van der Waals surface area contributed by atoms with Crippen molar-refractivity contribution in [1.29, 1.82) is 0 Å². The first-order chi connectivity index (χ1) is 14.5. The Labute approximate surface area is 173 Å². The highest BCUT2D eigenvalue weighted by atomic mass is 16.6. The highest BCUT2D eigenvalue weighted by Gasteiger charge is 2.29. The first kappa shape index (κ1) is 21.2. The summed E-state index contributed by atoms with van der Waals surface area (Å²) in [5.74, 6) is -0.858. The van der Waals surface area contributed by atoms with Gasteiger partial charge in [0, 0.05) is 25.1 Å². The van der Waals surface area contributed by atoms with Gasteiger partial charge in [0.25, 0.3) is 0 Å². The fraction of sp³-hybridized carbons (Fsp3) is 0.273. The second kappa shape index (κ2) is 10.3. The lowest BCUT2D eigenvalue weighted by molar-refractivity contribution is -0.152. The molecule has 2 aromatic rings. The first-order valence-corrected chi connectivity index (χ1v) is 9.57. The van der Waals surface area contributed by atoms with Crippen LogP contribution in [0.15, 0.2) is 54.6 Å². The minimum atomic E-state index is -0.590. The summed E-state index contributed by atoms with van der Waals surface area (Å²) in [6, 6.07) is 15.6. The summed E-state index contributed by atoms with van der Waals surface area (Å²) in [5.41, 5.74) is 1.50. The zero-order valence-corrected chi connectivity index (χ0v) is 16.3. The predicted molar refractivity (Wildman–Crippen MR) is 108 cm³/mol. The highest BCUT2D eigenvalue weighted by Crippen LogP contribution is 2.14. The molecule has 0 unspecified atom stereocenters. The molecule has 1 saturated heterocycles. The van der Waals surface area contributed by atoms with Crippen LogP contribution in [0.1, 0.15) is 18.4 Å². The molecule has 0 atom stereocenters. The van der Waals surface area contributed by atoms with Crippen LogP contribution in [0.2, 0.25) is 0 Å². The van der Waals surface area contributed by atoms with Crippen LogP contribution in [0.3, 0.4) is 0 Å². The molecule has 0 bridgehead atoms. The number of amides is 3. The molecule has 0 aromatic heterocycles. The van der Waals surface area contributed by atoms with Crippen molar-refractivity contribution in [2.24, 2.45) is 0 Å². The number of hydrogen-bond donors (Lipinski definition) is 1. The molecule has 1 fully saturated rings. The average molecular weight is 410 g/mol. The van der Waals surface area contributed by atoms with Crippen molar-refractivity contribution in [1.82, 2.24) is 4.90 Å². The molecule has 3 rings (SSSR count). The van der Waals surface area contributed by atoms with Gasteiger partial charge in [-0.1, -0.05) is 30.3 Å². The Morgan fingerprint density at radius 3 is 2.33 bits per heavy atom. The van der Waals surface area contributed by atoms with Gasteiger partial charge >= 0.3 is 5.97 Å². The van der Waals surface area contributed by atoms with E-state index < -0.39 is 11.9 Å². The lowest BCUT2D eigenvalue weighted by atomic mass is 10.1. The molecule has 1 aliphatic heterocycles. The number of carbonyl (C=O) groups is 4. The first-order valence-electron chi connectivity index (χ1n) is 9.57. The third-order valence-electron chi connectivity index (χ3n) is 4.44. The SMILES string of the molecule is O=C(COCC(=O)Oc1ccccc1)Nc1ccc(CCC(=O)N2CCC2=O)cc1. The van der Waals surface area contributed by atoms with E-state index in [0.29, 0.717) is 30.8 Å². The smallest absolute Gasteiger partial charge is 0.337 e. The number of imide groups is 1. The van der Waals surface area contributed by atoms with Gasteiger partial charge in [0.2, 0.25) is 17.7 Å². The second-order valence-electron chi connectivity index (χ2n) is 6.71. The minimum Gasteiger partial charge on any atom is -0.425 e. The Morgan fingerprint density at radius 1 is 0.967 bits per heavy atom. The van der Waals surface area contributed by atoms with Crippen molar-refractivity contribution in [3.05, 3.63) is 60.2 Å². The van der Waals surface area contributed by atoms with E-state index in [2.05, 4.69) is 5.32 Å². The summed E-state index contributed by atoms with van der Waals surface area (Å²) in [4.78, 5) is 48.0. The van der Waals surface area contributed by atoms with Crippen molar-refractivity contribution in [3.63, 3.8) is 0 Å². The molecule has 1 heterocycles. The maximum Gasteiger partial charge on any atom is 0.337 e. The van der Waals surface area contributed by atoms with E-state index in [-0.39, 0.29) is 31.4 Å². The number of aryl methyl sites for hydroxylation is 1. The van der Waals surface area contributed by atoms with Crippen molar-refractivity contribution < 1.29 is 28.7 Å². The number of hydrogen-bond acceptors (Lipinski definition) is 6. The number of anilines is 1. The summed E-state index contributed by atoms with van der Waals surface area (Å²) < 4.78 is 10.1. The molecule has 2 aromatic carbocycles. The molecule has 0 saturated carbocycles. The third-order valence-corrected chi connectivity index (χ3v) is 4.44. The molecule has 156 valence electrons. The van der Waals surface area contributed by atoms with Crippen LogP contribution in [0.25, 0.3) is 0 Å². The predicted octanol–water partition coefficient (Wildman–Crippen LogP) is 1.94. The number of nitrogens with one attached hydrogen (secondary N) is 1. The van der Waals surface area contributed by atoms with Crippen LogP contribution in [0, 0.1) is 0 Å². The number of esters is 1. The van der Waals surface area contributed by atoms with Crippen LogP contribution in [-0.2, 0) is 30.3 Å². The monoisotopic (exact) mass is 410 g/mol. The standard InChI is InChI=1S/C22H22N2O6/c25-19(14-29-15-22(28)30-18-4-2-1-3-5-18)23-17-9-6-16(7-10-17)8-11-20(26)24-13-12-21(24)27/h1-7,9-10H,8,11-15H2,(H,23,25). The molecule has 0 spiro atoms. The van der Waals surface area contributed by atoms with Crippen LogP contribution in [0.5, 0.6) is 5.75 Å². The number of ether oxygens (including phenoxy) is 2. The number of β-lactam (4-membered cyclic amide) rings is 1. The highest BCUT2D eigenvalue weighted by molar-refractivity contribution is 5.99. The van der Waals surface area contributed by atoms with Crippen molar-refractivity contribution in [2.75, 3.05) is 25.1 Å². The second-order valence-corrected chi connectivity index (χ2v) is 6.71. The number of carbonyl (C=O) groups excluding carboxylic acids is 4. The lowest BCUT2D eigenvalue weighted by Crippen LogP contribution is -2.47. The van der Waals surface area contributed by atoms with Crippen molar-refractivity contribution >= 4 is 29.4 Å². The van der Waals surface area contributed by atoms with Gasteiger partial charge in [-0.15, -0.1) is 0 Å². The van der Waals surface area contributed by atoms with Gasteiger partial charge < -0.3 is 14.8 Å². The zero-order valence-electron chi connectivity index (χ0n) is 16.3. The van der Waals surface area contributed by atoms with E-state index in [1.807, 2.05) is 0 Å². The van der Waals surface area contributed by atoms with E-state index in [4.69, 9.17) is 9.47 Å². The van der Waals surface area contributed by atoms with Crippen molar-refractivity contribution in [2.45, 2.75) is 19.3 Å². The van der Waals surface area contributed by atoms with Crippen LogP contribution in [-0.4, -0.2) is 48.3 Å². The quantitative estimate of drug-likeness (QED) is 0.385. The fourth-order valence-corrected chi connectivity index (χ4v) is 2.79. The van der Waals surface area contributed by atoms with E-state index >= 15 is 0 Å². The topological polar surface area (TPSA) is 102 Å².